The normalized spacial score (nSPS) is 14.8. The number of nitrogens with zero attached hydrogens (tertiary/aromatic N) is 2. The molecule has 0 atom stereocenters. The number of carbonyl (C=O) groups is 1. The fourth-order valence-corrected chi connectivity index (χ4v) is 2.99. The van der Waals surface area contributed by atoms with Gasteiger partial charge in [0.1, 0.15) is 5.82 Å². The molecule has 1 aliphatic carbocycles. The molecule has 1 saturated carbocycles. The molecule has 1 aromatic heterocycles. The van der Waals surface area contributed by atoms with Crippen LogP contribution < -0.4 is 10.6 Å². The summed E-state index contributed by atoms with van der Waals surface area (Å²) in [5.74, 6) is 1.06. The summed E-state index contributed by atoms with van der Waals surface area (Å²) in [6, 6.07) is 9.48. The first kappa shape index (κ1) is 17.2. The van der Waals surface area contributed by atoms with E-state index in [9.17, 15) is 4.79 Å². The molecule has 0 saturated heterocycles. The Labute approximate surface area is 148 Å². The lowest BCUT2D eigenvalue weighted by Gasteiger charge is -2.23. The van der Waals surface area contributed by atoms with Crippen molar-refractivity contribution in [3.05, 3.63) is 42.1 Å². The molecule has 2 aromatic rings. The quantitative estimate of drug-likeness (QED) is 0.770. The van der Waals surface area contributed by atoms with E-state index >= 15 is 0 Å². The molecule has 0 unspecified atom stereocenters. The second-order valence-corrected chi connectivity index (χ2v) is 6.17. The molecule has 1 heterocycles. The van der Waals surface area contributed by atoms with Crippen LogP contribution in [0.3, 0.4) is 0 Å². The number of esters is 1. The van der Waals surface area contributed by atoms with Crippen molar-refractivity contribution in [2.24, 2.45) is 0 Å². The molecule has 132 valence electrons. The van der Waals surface area contributed by atoms with Crippen LogP contribution in [0.1, 0.15) is 49.4 Å². The summed E-state index contributed by atoms with van der Waals surface area (Å²) >= 11 is 0. The lowest BCUT2D eigenvalue weighted by atomic mass is 9.95. The Morgan fingerprint density at radius 3 is 2.64 bits per heavy atom. The number of carbonyl (C=O) groups excluding carboxylic acids is 1. The third-order valence-corrected chi connectivity index (χ3v) is 4.26. The zero-order valence-corrected chi connectivity index (χ0v) is 14.5. The second kappa shape index (κ2) is 8.46. The highest BCUT2D eigenvalue weighted by Crippen LogP contribution is 2.21. The van der Waals surface area contributed by atoms with Gasteiger partial charge in [-0.25, -0.2) is 9.78 Å². The van der Waals surface area contributed by atoms with Crippen LogP contribution in [0.25, 0.3) is 0 Å². The van der Waals surface area contributed by atoms with Crippen molar-refractivity contribution in [3.63, 3.8) is 0 Å². The van der Waals surface area contributed by atoms with E-state index in [1.807, 2.05) is 18.2 Å². The zero-order chi connectivity index (χ0) is 17.5. The summed E-state index contributed by atoms with van der Waals surface area (Å²) in [6.07, 6.45) is 8.02. The van der Waals surface area contributed by atoms with E-state index in [1.165, 1.54) is 32.1 Å². The Hall–Kier alpha value is -2.63. The summed E-state index contributed by atoms with van der Waals surface area (Å²) in [5.41, 5.74) is 1.35. The first-order valence-electron chi connectivity index (χ1n) is 8.88. The largest absolute Gasteiger partial charge is 0.462 e. The highest BCUT2D eigenvalue weighted by atomic mass is 16.5. The molecule has 25 heavy (non-hydrogen) atoms. The summed E-state index contributed by atoms with van der Waals surface area (Å²) in [5, 5.41) is 6.66. The zero-order valence-electron chi connectivity index (χ0n) is 14.5. The van der Waals surface area contributed by atoms with Crippen LogP contribution in [0.4, 0.5) is 17.5 Å². The van der Waals surface area contributed by atoms with Crippen LogP contribution in [0.2, 0.25) is 0 Å². The van der Waals surface area contributed by atoms with Gasteiger partial charge in [-0.1, -0.05) is 19.3 Å². The molecule has 1 fully saturated rings. The predicted octanol–water partition coefficient (Wildman–Crippen LogP) is 4.14. The van der Waals surface area contributed by atoms with Crippen LogP contribution in [-0.4, -0.2) is 28.6 Å². The minimum Gasteiger partial charge on any atom is -0.462 e. The topological polar surface area (TPSA) is 76.1 Å². The van der Waals surface area contributed by atoms with Gasteiger partial charge in [-0.15, -0.1) is 0 Å². The number of benzene rings is 1. The highest BCUT2D eigenvalue weighted by Gasteiger charge is 2.13. The molecule has 1 aromatic carbocycles. The van der Waals surface area contributed by atoms with Crippen LogP contribution in [-0.2, 0) is 4.74 Å². The fraction of sp³-hybridized carbons (Fsp3) is 0.421. The van der Waals surface area contributed by atoms with Gasteiger partial charge in [0, 0.05) is 17.9 Å². The van der Waals surface area contributed by atoms with Crippen molar-refractivity contribution in [1.82, 2.24) is 9.97 Å². The van der Waals surface area contributed by atoms with Gasteiger partial charge in [-0.2, -0.15) is 4.98 Å². The molecule has 6 heteroatoms. The number of rotatable bonds is 6. The smallest absolute Gasteiger partial charge is 0.338 e. The standard InChI is InChI=1S/C19H24N4O2/c1-2-25-18(24)14-8-10-16(11-9-14)22-19-20-13-12-17(23-19)21-15-6-4-3-5-7-15/h8-13,15H,2-7H2,1H3,(H2,20,21,22,23). The van der Waals surface area contributed by atoms with Gasteiger partial charge >= 0.3 is 5.97 Å². The Morgan fingerprint density at radius 2 is 1.92 bits per heavy atom. The summed E-state index contributed by atoms with van der Waals surface area (Å²) in [6.45, 7) is 2.16. The van der Waals surface area contributed by atoms with Crippen LogP contribution in [0, 0.1) is 0 Å². The molecule has 0 bridgehead atoms. The van der Waals surface area contributed by atoms with Crippen LogP contribution in [0.15, 0.2) is 36.5 Å². The molecule has 6 nitrogen and oxygen atoms in total. The monoisotopic (exact) mass is 340 g/mol. The molecule has 2 N–H and O–H groups in total. The third-order valence-electron chi connectivity index (χ3n) is 4.26. The average molecular weight is 340 g/mol. The minimum atomic E-state index is -0.316. The Kier molecular flexibility index (Phi) is 5.82. The Morgan fingerprint density at radius 1 is 1.16 bits per heavy atom. The number of anilines is 3. The van der Waals surface area contributed by atoms with Crippen molar-refractivity contribution >= 4 is 23.4 Å². The van der Waals surface area contributed by atoms with Crippen molar-refractivity contribution in [2.45, 2.75) is 45.1 Å². The highest BCUT2D eigenvalue weighted by molar-refractivity contribution is 5.89. The molecule has 0 spiro atoms. The fourth-order valence-electron chi connectivity index (χ4n) is 2.99. The Balaban J connectivity index is 1.62. The summed E-state index contributed by atoms with van der Waals surface area (Å²) in [7, 11) is 0. The van der Waals surface area contributed by atoms with E-state index in [0.717, 1.165) is 11.5 Å². The molecule has 0 radical (unpaired) electrons. The SMILES string of the molecule is CCOC(=O)c1ccc(Nc2nccc(NC3CCCCC3)n2)cc1. The van der Waals surface area contributed by atoms with Gasteiger partial charge in [0.15, 0.2) is 0 Å². The van der Waals surface area contributed by atoms with Crippen molar-refractivity contribution < 1.29 is 9.53 Å². The van der Waals surface area contributed by atoms with E-state index < -0.39 is 0 Å². The van der Waals surface area contributed by atoms with Gasteiger partial charge in [0.05, 0.1) is 12.2 Å². The number of hydrogen-bond donors (Lipinski definition) is 2. The van der Waals surface area contributed by atoms with E-state index in [2.05, 4.69) is 20.6 Å². The molecular formula is C19H24N4O2. The van der Waals surface area contributed by atoms with E-state index in [0.29, 0.717) is 24.2 Å². The molecule has 0 aliphatic heterocycles. The second-order valence-electron chi connectivity index (χ2n) is 6.17. The summed E-state index contributed by atoms with van der Waals surface area (Å²) in [4.78, 5) is 20.5. The molecular weight excluding hydrogens is 316 g/mol. The first-order chi connectivity index (χ1) is 12.2. The van der Waals surface area contributed by atoms with E-state index in [1.54, 1.807) is 25.3 Å². The number of nitrogens with one attached hydrogen (secondary N) is 2. The maximum absolute atomic E-state index is 11.7. The lowest BCUT2D eigenvalue weighted by Crippen LogP contribution is -2.22. The maximum Gasteiger partial charge on any atom is 0.338 e. The van der Waals surface area contributed by atoms with Crippen LogP contribution in [0.5, 0.6) is 0 Å². The van der Waals surface area contributed by atoms with Crippen molar-refractivity contribution in [1.29, 1.82) is 0 Å². The predicted molar refractivity (Wildman–Crippen MR) is 98.2 cm³/mol. The van der Waals surface area contributed by atoms with Crippen LogP contribution >= 0.6 is 0 Å². The molecule has 1 aliphatic rings. The van der Waals surface area contributed by atoms with Crippen molar-refractivity contribution in [3.8, 4) is 0 Å². The molecule has 3 rings (SSSR count). The van der Waals surface area contributed by atoms with E-state index in [-0.39, 0.29) is 5.97 Å². The van der Waals surface area contributed by atoms with E-state index in [4.69, 9.17) is 4.74 Å². The van der Waals surface area contributed by atoms with Crippen molar-refractivity contribution in [2.75, 3.05) is 17.2 Å². The number of hydrogen-bond acceptors (Lipinski definition) is 6. The molecule has 0 amide bonds. The third kappa shape index (κ3) is 4.92. The van der Waals surface area contributed by atoms with Gasteiger partial charge in [0.2, 0.25) is 5.95 Å². The van der Waals surface area contributed by atoms with Gasteiger partial charge in [-0.3, -0.25) is 0 Å². The van der Waals surface area contributed by atoms with Gasteiger partial charge in [-0.05, 0) is 50.1 Å². The Bertz CT molecular complexity index is 697. The maximum atomic E-state index is 11.7. The van der Waals surface area contributed by atoms with Gasteiger partial charge in [0.25, 0.3) is 0 Å². The number of aromatic nitrogens is 2. The average Bonchev–Trinajstić information content (AvgIpc) is 2.64. The van der Waals surface area contributed by atoms with Gasteiger partial charge < -0.3 is 15.4 Å². The lowest BCUT2D eigenvalue weighted by molar-refractivity contribution is 0.0526. The number of ether oxygens (including phenoxy) is 1. The summed E-state index contributed by atoms with van der Waals surface area (Å²) < 4.78 is 4.98. The minimum absolute atomic E-state index is 0.316. The first-order valence-corrected chi connectivity index (χ1v) is 8.88.